The van der Waals surface area contributed by atoms with Gasteiger partial charge in [-0.2, -0.15) is 0 Å². The van der Waals surface area contributed by atoms with E-state index >= 15 is 0 Å². The second-order valence-electron chi connectivity index (χ2n) is 4.03. The number of benzene rings is 2. The normalized spacial score (nSPS) is 12.2. The Morgan fingerprint density at radius 2 is 1.19 bits per heavy atom. The van der Waals surface area contributed by atoms with E-state index in [2.05, 4.69) is 61.2 Å². The minimum absolute atomic E-state index is 1.04. The van der Waals surface area contributed by atoms with Crippen LogP contribution in [0.5, 0.6) is 0 Å². The zero-order valence-electron chi connectivity index (χ0n) is 9.44. The number of para-hydroxylation sites is 2. The maximum atomic E-state index is 2.56. The Bertz CT molecular complexity index is 599. The van der Waals surface area contributed by atoms with Gasteiger partial charge in [0.15, 0.2) is 0 Å². The summed E-state index contributed by atoms with van der Waals surface area (Å²) < 4.78 is 2.56. The Morgan fingerprint density at radius 1 is 0.750 bits per heavy atom. The Balaban J connectivity index is 2.59. The van der Waals surface area contributed by atoms with Gasteiger partial charge in [-0.1, -0.05) is 0 Å². The molecule has 0 unspecified atom stereocenters. The van der Waals surface area contributed by atoms with Crippen LogP contribution in [0.3, 0.4) is 0 Å². The molecule has 1 nitrogen and oxygen atoms in total. The molecule has 0 aliphatic heterocycles. The number of alkyl halides is 2. The zero-order valence-corrected chi connectivity index (χ0v) is 11.6. The van der Waals surface area contributed by atoms with Crippen molar-refractivity contribution in [2.45, 2.75) is 0 Å². The molecule has 0 fully saturated rings. The first-order valence-electron chi connectivity index (χ1n) is 5.28. The van der Waals surface area contributed by atoms with Gasteiger partial charge in [-0.05, 0) is 0 Å². The summed E-state index contributed by atoms with van der Waals surface area (Å²) in [4.78, 5) is 4.78. The molecule has 0 atom stereocenters. The molecule has 0 aliphatic carbocycles. The third-order valence-electron chi connectivity index (χ3n) is 2.86. The fourth-order valence-electron chi connectivity index (χ4n) is 2.24. The fraction of sp³-hybridized carbons (Fsp3) is 0.143. The van der Waals surface area contributed by atoms with Crippen molar-refractivity contribution in [1.82, 2.24) is 2.78 Å². The molecule has 0 saturated heterocycles. The second kappa shape index (κ2) is 3.77. The molecule has 16 heavy (non-hydrogen) atoms. The van der Waals surface area contributed by atoms with E-state index in [1.54, 1.807) is 0 Å². The monoisotopic (exact) mass is 323 g/mol. The number of hydrogen-bond acceptors (Lipinski definition) is 0. The molecule has 0 spiro atoms. The van der Waals surface area contributed by atoms with Crippen LogP contribution in [-0.4, -0.2) is 12.6 Å². The summed E-state index contributed by atoms with van der Waals surface area (Å²) >= 11 is -1.04. The fourth-order valence-corrected chi connectivity index (χ4v) is 5.16. The van der Waals surface area contributed by atoms with Gasteiger partial charge < -0.3 is 0 Å². The van der Waals surface area contributed by atoms with Crippen LogP contribution in [0.2, 0.25) is 0 Å². The standard InChI is InChI=1S/C14H14IN/c1-15(2)16-13-9-5-3-7-11(13)12-8-4-6-10-14(12)16/h3-10H,1-2H3. The molecule has 1 heterocycles. The predicted octanol–water partition coefficient (Wildman–Crippen LogP) is 4.32. The summed E-state index contributed by atoms with van der Waals surface area (Å²) in [5, 5.41) is 2.79. The van der Waals surface area contributed by atoms with E-state index in [4.69, 9.17) is 0 Å². The van der Waals surface area contributed by atoms with Crippen LogP contribution in [0.4, 0.5) is 0 Å². The average molecular weight is 323 g/mol. The quantitative estimate of drug-likeness (QED) is 0.464. The molecule has 2 aromatic carbocycles. The van der Waals surface area contributed by atoms with Gasteiger partial charge in [0.2, 0.25) is 0 Å². The summed E-state index contributed by atoms with van der Waals surface area (Å²) in [5.74, 6) is 0. The molecule has 3 aromatic rings. The first kappa shape index (κ1) is 10.1. The molecule has 0 aliphatic rings. The van der Waals surface area contributed by atoms with Gasteiger partial charge in [0.05, 0.1) is 0 Å². The number of fused-ring (bicyclic) bond motifs is 3. The molecule has 0 N–H and O–H groups in total. The van der Waals surface area contributed by atoms with Crippen LogP contribution >= 0.6 is 20.1 Å². The molecular weight excluding hydrogens is 309 g/mol. The summed E-state index contributed by atoms with van der Waals surface area (Å²) in [5.41, 5.74) is 2.80. The predicted molar refractivity (Wildman–Crippen MR) is 80.7 cm³/mol. The van der Waals surface area contributed by atoms with Crippen LogP contribution in [0.15, 0.2) is 48.5 Å². The van der Waals surface area contributed by atoms with Crippen LogP contribution < -0.4 is 0 Å². The number of nitrogens with zero attached hydrogens (tertiary/aromatic N) is 1. The van der Waals surface area contributed by atoms with Crippen molar-refractivity contribution in [3.8, 4) is 0 Å². The van der Waals surface area contributed by atoms with Gasteiger partial charge >= 0.3 is 103 Å². The molecule has 0 bridgehead atoms. The van der Waals surface area contributed by atoms with Gasteiger partial charge in [0.25, 0.3) is 0 Å². The number of halogens is 1. The first-order valence-corrected chi connectivity index (χ1v) is 10.6. The van der Waals surface area contributed by atoms with Crippen molar-refractivity contribution in [3.63, 3.8) is 0 Å². The summed E-state index contributed by atoms with van der Waals surface area (Å²) in [7, 11) is 0. The van der Waals surface area contributed by atoms with E-state index in [9.17, 15) is 0 Å². The molecule has 82 valence electrons. The van der Waals surface area contributed by atoms with Crippen molar-refractivity contribution in [1.29, 1.82) is 0 Å². The van der Waals surface area contributed by atoms with Crippen molar-refractivity contribution in [2.75, 3.05) is 9.86 Å². The SMILES string of the molecule is CI(C)n1c2ccccc2c2ccccc21. The molecule has 0 saturated carbocycles. The van der Waals surface area contributed by atoms with E-state index in [1.165, 1.54) is 21.8 Å². The second-order valence-corrected chi connectivity index (χ2v) is 9.08. The molecule has 3 rings (SSSR count). The number of rotatable bonds is 1. The van der Waals surface area contributed by atoms with Crippen molar-refractivity contribution >= 4 is 41.9 Å². The number of hydrogen-bond donors (Lipinski definition) is 0. The Morgan fingerprint density at radius 3 is 1.62 bits per heavy atom. The van der Waals surface area contributed by atoms with Crippen molar-refractivity contribution in [2.24, 2.45) is 0 Å². The first-order chi connectivity index (χ1) is 7.79. The molecule has 0 amide bonds. The number of aromatic nitrogens is 1. The topological polar surface area (TPSA) is 4.93 Å². The zero-order chi connectivity index (χ0) is 11.1. The Kier molecular flexibility index (Phi) is 2.39. The van der Waals surface area contributed by atoms with Gasteiger partial charge in [-0.25, -0.2) is 0 Å². The van der Waals surface area contributed by atoms with Gasteiger partial charge in [0, 0.05) is 0 Å². The molecule has 0 radical (unpaired) electrons. The summed E-state index contributed by atoms with van der Waals surface area (Å²) in [6, 6.07) is 17.5. The third-order valence-corrected chi connectivity index (χ3v) is 5.83. The summed E-state index contributed by atoms with van der Waals surface area (Å²) in [6.45, 7) is 0. The molecule has 1 aromatic heterocycles. The van der Waals surface area contributed by atoms with E-state index in [1.807, 2.05) is 0 Å². The average Bonchev–Trinajstić information content (AvgIpc) is 2.63. The minimum atomic E-state index is -1.04. The molecule has 2 heteroatoms. The van der Waals surface area contributed by atoms with E-state index in [0.29, 0.717) is 0 Å². The van der Waals surface area contributed by atoms with Gasteiger partial charge in [-0.3, -0.25) is 0 Å². The van der Waals surface area contributed by atoms with Crippen LogP contribution in [-0.2, 0) is 0 Å². The van der Waals surface area contributed by atoms with Crippen LogP contribution in [0, 0.1) is 0 Å². The van der Waals surface area contributed by atoms with Crippen molar-refractivity contribution in [3.05, 3.63) is 48.5 Å². The van der Waals surface area contributed by atoms with Crippen molar-refractivity contribution < 1.29 is 0 Å². The third kappa shape index (κ3) is 1.36. The maximum absolute atomic E-state index is 2.56. The Hall–Kier alpha value is -1.03. The van der Waals surface area contributed by atoms with E-state index < -0.39 is 20.1 Å². The summed E-state index contributed by atoms with van der Waals surface area (Å²) in [6.07, 6.45) is 0. The van der Waals surface area contributed by atoms with Gasteiger partial charge in [-0.15, -0.1) is 0 Å². The van der Waals surface area contributed by atoms with Crippen LogP contribution in [0.1, 0.15) is 0 Å². The Labute approximate surface area is 103 Å². The van der Waals surface area contributed by atoms with Crippen LogP contribution in [0.25, 0.3) is 21.8 Å². The van der Waals surface area contributed by atoms with Gasteiger partial charge in [0.1, 0.15) is 0 Å². The van der Waals surface area contributed by atoms with E-state index in [0.717, 1.165) is 0 Å². The van der Waals surface area contributed by atoms with E-state index in [-0.39, 0.29) is 0 Å². The molecular formula is C14H14IN.